The maximum Gasteiger partial charge on any atom is 0.169 e. The zero-order valence-electron chi connectivity index (χ0n) is 8.58. The topological polar surface area (TPSA) is 51.2 Å². The van der Waals surface area contributed by atoms with Crippen molar-refractivity contribution in [1.82, 2.24) is 5.43 Å². The van der Waals surface area contributed by atoms with Gasteiger partial charge in [0.15, 0.2) is 16.3 Å². The summed E-state index contributed by atoms with van der Waals surface area (Å²) in [5, 5.41) is 0. The lowest BCUT2D eigenvalue weighted by Gasteiger charge is -2.13. The zero-order chi connectivity index (χ0) is 12.4. The Hall–Kier alpha value is -1.24. The van der Waals surface area contributed by atoms with Gasteiger partial charge < -0.3 is 4.42 Å². The largest absolute Gasteiger partial charge is 0.452 e. The molecular weight excluding hydrogens is 294 g/mol. The molecule has 1 atom stereocenters. The number of rotatable bonds is 3. The summed E-state index contributed by atoms with van der Waals surface area (Å²) in [6, 6.07) is 6.43. The highest BCUT2D eigenvalue weighted by atomic mass is 79.9. The van der Waals surface area contributed by atoms with E-state index in [0.29, 0.717) is 16.0 Å². The molecule has 0 fully saturated rings. The van der Waals surface area contributed by atoms with Gasteiger partial charge in [-0.2, -0.15) is 0 Å². The summed E-state index contributed by atoms with van der Waals surface area (Å²) in [5.41, 5.74) is 2.97. The van der Waals surface area contributed by atoms with E-state index in [1.54, 1.807) is 12.1 Å². The molecule has 0 bridgehead atoms. The maximum atomic E-state index is 13.1. The molecule has 3 nitrogen and oxygen atoms in total. The number of hydrogen-bond acceptors (Lipinski definition) is 3. The second-order valence-corrected chi connectivity index (χ2v) is 4.20. The van der Waals surface area contributed by atoms with Crippen LogP contribution in [0.3, 0.4) is 0 Å². The van der Waals surface area contributed by atoms with E-state index in [0.717, 1.165) is 12.1 Å². The molecule has 90 valence electrons. The molecule has 0 aliphatic carbocycles. The molecule has 2 rings (SSSR count). The van der Waals surface area contributed by atoms with Crippen LogP contribution in [0.1, 0.15) is 17.4 Å². The molecule has 0 radical (unpaired) electrons. The molecule has 17 heavy (non-hydrogen) atoms. The highest BCUT2D eigenvalue weighted by Crippen LogP contribution is 2.26. The highest BCUT2D eigenvalue weighted by Gasteiger charge is 2.17. The number of halogens is 3. The van der Waals surface area contributed by atoms with Gasteiger partial charge in [-0.05, 0) is 45.8 Å². The Balaban J connectivity index is 2.38. The zero-order valence-corrected chi connectivity index (χ0v) is 10.2. The van der Waals surface area contributed by atoms with E-state index in [-0.39, 0.29) is 0 Å². The second kappa shape index (κ2) is 4.95. The van der Waals surface area contributed by atoms with E-state index in [9.17, 15) is 8.78 Å². The average Bonchev–Trinajstić information content (AvgIpc) is 2.71. The minimum Gasteiger partial charge on any atom is -0.452 e. The fourth-order valence-corrected chi connectivity index (χ4v) is 1.84. The van der Waals surface area contributed by atoms with E-state index >= 15 is 0 Å². The van der Waals surface area contributed by atoms with Crippen LogP contribution in [0.5, 0.6) is 0 Å². The molecular formula is C11H9BrF2N2O. The number of nitrogens with two attached hydrogens (primary N) is 1. The number of hydrogen-bond donors (Lipinski definition) is 2. The first-order valence-electron chi connectivity index (χ1n) is 4.78. The van der Waals surface area contributed by atoms with Crippen LogP contribution in [0.25, 0.3) is 0 Å². The van der Waals surface area contributed by atoms with Gasteiger partial charge in [-0.25, -0.2) is 14.2 Å². The first kappa shape index (κ1) is 12.2. The summed E-state index contributed by atoms with van der Waals surface area (Å²) in [7, 11) is 0. The van der Waals surface area contributed by atoms with Gasteiger partial charge in [-0.1, -0.05) is 6.07 Å². The van der Waals surface area contributed by atoms with Crippen LogP contribution in [-0.4, -0.2) is 0 Å². The first-order chi connectivity index (χ1) is 8.11. The van der Waals surface area contributed by atoms with Crippen molar-refractivity contribution in [1.29, 1.82) is 0 Å². The normalized spacial score (nSPS) is 12.7. The van der Waals surface area contributed by atoms with Crippen LogP contribution >= 0.6 is 15.9 Å². The standard InChI is InChI=1S/C11H9BrF2N2O/c12-10-4-3-9(17-10)11(16-15)6-1-2-7(13)8(14)5-6/h1-5,11,16H,15H2. The molecule has 1 aromatic carbocycles. The smallest absolute Gasteiger partial charge is 0.169 e. The number of furan rings is 1. The molecule has 3 N–H and O–H groups in total. The number of nitrogens with one attached hydrogen (secondary N) is 1. The minimum absolute atomic E-state index is 0.480. The molecule has 0 aliphatic rings. The summed E-state index contributed by atoms with van der Waals surface area (Å²) >= 11 is 3.16. The first-order valence-corrected chi connectivity index (χ1v) is 5.57. The van der Waals surface area contributed by atoms with Gasteiger partial charge in [-0.15, -0.1) is 0 Å². The molecule has 2 aromatic rings. The van der Waals surface area contributed by atoms with Gasteiger partial charge >= 0.3 is 0 Å². The predicted molar refractivity (Wildman–Crippen MR) is 61.9 cm³/mol. The van der Waals surface area contributed by atoms with Crippen molar-refractivity contribution in [3.8, 4) is 0 Å². The fraction of sp³-hybridized carbons (Fsp3) is 0.0909. The van der Waals surface area contributed by atoms with Gasteiger partial charge in [-0.3, -0.25) is 5.84 Å². The Morgan fingerprint density at radius 3 is 2.47 bits per heavy atom. The molecule has 1 unspecified atom stereocenters. The van der Waals surface area contributed by atoms with Gasteiger partial charge in [0.2, 0.25) is 0 Å². The molecule has 6 heteroatoms. The lowest BCUT2D eigenvalue weighted by atomic mass is 10.1. The lowest BCUT2D eigenvalue weighted by molar-refractivity contribution is 0.434. The quantitative estimate of drug-likeness (QED) is 0.677. The lowest BCUT2D eigenvalue weighted by Crippen LogP contribution is -2.28. The van der Waals surface area contributed by atoms with E-state index in [1.165, 1.54) is 6.07 Å². The van der Waals surface area contributed by atoms with Crippen LogP contribution in [0, 0.1) is 11.6 Å². The summed E-state index contributed by atoms with van der Waals surface area (Å²) < 4.78 is 31.8. The third kappa shape index (κ3) is 2.54. The SMILES string of the molecule is NNC(c1ccc(F)c(F)c1)c1ccc(Br)o1. The van der Waals surface area contributed by atoms with Gasteiger partial charge in [0, 0.05) is 0 Å². The summed E-state index contributed by atoms with van der Waals surface area (Å²) in [6.07, 6.45) is 0. The number of benzene rings is 1. The van der Waals surface area contributed by atoms with Crippen LogP contribution in [-0.2, 0) is 0 Å². The van der Waals surface area contributed by atoms with Crippen molar-refractivity contribution in [3.05, 3.63) is 58.0 Å². The Morgan fingerprint density at radius 2 is 1.94 bits per heavy atom. The van der Waals surface area contributed by atoms with Crippen molar-refractivity contribution < 1.29 is 13.2 Å². The van der Waals surface area contributed by atoms with E-state index in [4.69, 9.17) is 10.3 Å². The third-order valence-corrected chi connectivity index (χ3v) is 2.75. The monoisotopic (exact) mass is 302 g/mol. The maximum absolute atomic E-state index is 13.1. The Kier molecular flexibility index (Phi) is 3.56. The van der Waals surface area contributed by atoms with Crippen LogP contribution in [0.4, 0.5) is 8.78 Å². The van der Waals surface area contributed by atoms with E-state index < -0.39 is 17.7 Å². The van der Waals surface area contributed by atoms with Gasteiger partial charge in [0.05, 0.1) is 0 Å². The Labute approximate surface area is 105 Å². The Bertz CT molecular complexity index is 530. The van der Waals surface area contributed by atoms with Crippen LogP contribution in [0.2, 0.25) is 0 Å². The summed E-state index contributed by atoms with van der Waals surface area (Å²) in [5.74, 6) is 4.08. The third-order valence-electron chi connectivity index (χ3n) is 2.32. The second-order valence-electron chi connectivity index (χ2n) is 3.42. The average molecular weight is 303 g/mol. The molecule has 0 spiro atoms. The minimum atomic E-state index is -0.923. The highest BCUT2D eigenvalue weighted by molar-refractivity contribution is 9.10. The molecule has 0 saturated carbocycles. The van der Waals surface area contributed by atoms with Crippen molar-refractivity contribution in [2.24, 2.45) is 5.84 Å². The number of hydrazine groups is 1. The van der Waals surface area contributed by atoms with Gasteiger partial charge in [0.25, 0.3) is 0 Å². The molecule has 1 aromatic heterocycles. The molecule has 0 aliphatic heterocycles. The summed E-state index contributed by atoms with van der Waals surface area (Å²) in [4.78, 5) is 0. The fourth-order valence-electron chi connectivity index (χ4n) is 1.52. The molecule has 0 amide bonds. The predicted octanol–water partition coefficient (Wildman–Crippen LogP) is 2.87. The van der Waals surface area contributed by atoms with Crippen molar-refractivity contribution in [2.45, 2.75) is 6.04 Å². The van der Waals surface area contributed by atoms with Crippen molar-refractivity contribution >= 4 is 15.9 Å². The van der Waals surface area contributed by atoms with Crippen LogP contribution in [0.15, 0.2) is 39.4 Å². The Morgan fingerprint density at radius 1 is 1.18 bits per heavy atom. The molecule has 1 heterocycles. The summed E-state index contributed by atoms with van der Waals surface area (Å²) in [6.45, 7) is 0. The van der Waals surface area contributed by atoms with Crippen molar-refractivity contribution in [3.63, 3.8) is 0 Å². The van der Waals surface area contributed by atoms with Crippen molar-refractivity contribution in [2.75, 3.05) is 0 Å². The van der Waals surface area contributed by atoms with Crippen LogP contribution < -0.4 is 11.3 Å². The molecule has 0 saturated heterocycles. The van der Waals surface area contributed by atoms with Gasteiger partial charge in [0.1, 0.15) is 11.8 Å². The van der Waals surface area contributed by atoms with E-state index in [2.05, 4.69) is 21.4 Å². The van der Waals surface area contributed by atoms with E-state index in [1.807, 2.05) is 0 Å².